The van der Waals surface area contributed by atoms with Gasteiger partial charge in [0.15, 0.2) is 11.5 Å². The van der Waals surface area contributed by atoms with Crippen LogP contribution in [0.15, 0.2) is 53.4 Å². The molecule has 0 atom stereocenters. The zero-order valence-electron chi connectivity index (χ0n) is 18.9. The highest BCUT2D eigenvalue weighted by molar-refractivity contribution is 7.89. The van der Waals surface area contributed by atoms with Crippen LogP contribution >= 0.6 is 0 Å². The molecule has 0 bridgehead atoms. The van der Waals surface area contributed by atoms with E-state index in [0.717, 1.165) is 12.0 Å². The van der Waals surface area contributed by atoms with Crippen LogP contribution in [0.4, 0.5) is 5.82 Å². The number of aromatic nitrogens is 2. The van der Waals surface area contributed by atoms with Gasteiger partial charge in [-0.1, -0.05) is 31.2 Å². The summed E-state index contributed by atoms with van der Waals surface area (Å²) in [6, 6.07) is 14.4. The fourth-order valence-corrected chi connectivity index (χ4v) is 5.41. The Labute approximate surface area is 194 Å². The SMILES string of the molecule is CCOC(=O)c1nc2ccccc2nc1N1CCCN(S(=O)(=O)c2ccc(CC)cc2)CC1. The lowest BCUT2D eigenvalue weighted by Crippen LogP contribution is -2.36. The van der Waals surface area contributed by atoms with Crippen molar-refractivity contribution >= 4 is 32.8 Å². The molecule has 4 rings (SSSR count). The predicted octanol–water partition coefficient (Wildman–Crippen LogP) is 3.27. The van der Waals surface area contributed by atoms with Gasteiger partial charge >= 0.3 is 5.97 Å². The average molecular weight is 469 g/mol. The Balaban J connectivity index is 1.61. The molecule has 3 aromatic rings. The second kappa shape index (κ2) is 9.84. The van der Waals surface area contributed by atoms with Gasteiger partial charge in [-0.25, -0.2) is 23.2 Å². The zero-order chi connectivity index (χ0) is 23.4. The van der Waals surface area contributed by atoms with E-state index in [-0.39, 0.29) is 18.8 Å². The number of carbonyl (C=O) groups is 1. The predicted molar refractivity (Wildman–Crippen MR) is 127 cm³/mol. The number of nitrogens with zero attached hydrogens (tertiary/aromatic N) is 4. The van der Waals surface area contributed by atoms with Crippen LogP contribution in [0.1, 0.15) is 36.3 Å². The van der Waals surface area contributed by atoms with Crippen LogP contribution in [0.25, 0.3) is 11.0 Å². The van der Waals surface area contributed by atoms with Crippen molar-refractivity contribution in [2.24, 2.45) is 0 Å². The van der Waals surface area contributed by atoms with Gasteiger partial charge in [-0.3, -0.25) is 0 Å². The number of sulfonamides is 1. The maximum absolute atomic E-state index is 13.2. The molecule has 0 amide bonds. The highest BCUT2D eigenvalue weighted by atomic mass is 32.2. The Morgan fingerprint density at radius 1 is 0.939 bits per heavy atom. The summed E-state index contributed by atoms with van der Waals surface area (Å²) in [6.07, 6.45) is 1.46. The number of para-hydroxylation sites is 2. The minimum Gasteiger partial charge on any atom is -0.461 e. The molecule has 1 aliphatic rings. The maximum atomic E-state index is 13.2. The molecule has 174 valence electrons. The first-order valence-electron chi connectivity index (χ1n) is 11.2. The van der Waals surface area contributed by atoms with Gasteiger partial charge in [-0.15, -0.1) is 0 Å². The Hall–Kier alpha value is -3.04. The Bertz CT molecular complexity index is 1250. The summed E-state index contributed by atoms with van der Waals surface area (Å²) in [4.78, 5) is 24.1. The molecule has 0 spiro atoms. The number of carbonyl (C=O) groups excluding carboxylic acids is 1. The van der Waals surface area contributed by atoms with Gasteiger partial charge in [0.05, 0.1) is 22.5 Å². The molecule has 1 aliphatic heterocycles. The third kappa shape index (κ3) is 4.84. The van der Waals surface area contributed by atoms with Gasteiger partial charge in [-0.05, 0) is 49.6 Å². The highest BCUT2D eigenvalue weighted by Crippen LogP contribution is 2.25. The van der Waals surface area contributed by atoms with Crippen LogP contribution in [-0.4, -0.2) is 61.4 Å². The lowest BCUT2D eigenvalue weighted by molar-refractivity contribution is 0.0520. The van der Waals surface area contributed by atoms with Crippen molar-refractivity contribution < 1.29 is 17.9 Å². The van der Waals surface area contributed by atoms with Crippen molar-refractivity contribution in [3.63, 3.8) is 0 Å². The van der Waals surface area contributed by atoms with Crippen molar-refractivity contribution in [1.82, 2.24) is 14.3 Å². The van der Waals surface area contributed by atoms with Crippen molar-refractivity contribution in [3.8, 4) is 0 Å². The molecule has 2 aromatic carbocycles. The van der Waals surface area contributed by atoms with Gasteiger partial charge in [0.1, 0.15) is 0 Å². The standard InChI is InChI=1S/C24H28N4O4S/c1-3-18-10-12-19(13-11-18)33(30,31)28-15-7-14-27(16-17-28)23-22(24(29)32-4-2)25-20-8-5-6-9-21(20)26-23/h5-6,8-13H,3-4,7,14-17H2,1-2H3. The first kappa shape index (κ1) is 23.1. The van der Waals surface area contributed by atoms with Crippen molar-refractivity contribution in [3.05, 3.63) is 59.8 Å². The van der Waals surface area contributed by atoms with E-state index in [1.165, 1.54) is 4.31 Å². The molecule has 0 unspecified atom stereocenters. The number of esters is 1. The van der Waals surface area contributed by atoms with Crippen LogP contribution in [0.5, 0.6) is 0 Å². The zero-order valence-corrected chi connectivity index (χ0v) is 19.7. The normalized spacial score (nSPS) is 15.4. The molecule has 2 heterocycles. The summed E-state index contributed by atoms with van der Waals surface area (Å²) in [7, 11) is -3.61. The maximum Gasteiger partial charge on any atom is 0.360 e. The summed E-state index contributed by atoms with van der Waals surface area (Å²) >= 11 is 0. The number of hydrogen-bond donors (Lipinski definition) is 0. The van der Waals surface area contributed by atoms with Crippen molar-refractivity contribution in [2.45, 2.75) is 31.6 Å². The minimum absolute atomic E-state index is 0.155. The Morgan fingerprint density at radius 3 is 2.30 bits per heavy atom. The van der Waals surface area contributed by atoms with Gasteiger partial charge in [0.25, 0.3) is 0 Å². The number of ether oxygens (including phenoxy) is 1. The van der Waals surface area contributed by atoms with E-state index in [0.29, 0.717) is 47.8 Å². The van der Waals surface area contributed by atoms with Gasteiger partial charge in [0, 0.05) is 26.2 Å². The molecule has 1 fully saturated rings. The Kier molecular flexibility index (Phi) is 6.90. The monoisotopic (exact) mass is 468 g/mol. The molecule has 33 heavy (non-hydrogen) atoms. The fourth-order valence-electron chi connectivity index (χ4n) is 3.94. The lowest BCUT2D eigenvalue weighted by Gasteiger charge is -2.24. The highest BCUT2D eigenvalue weighted by Gasteiger charge is 2.29. The van der Waals surface area contributed by atoms with Gasteiger partial charge in [-0.2, -0.15) is 4.31 Å². The van der Waals surface area contributed by atoms with Crippen LogP contribution < -0.4 is 4.90 Å². The molecular weight excluding hydrogens is 440 g/mol. The summed E-state index contributed by atoms with van der Waals surface area (Å²) in [5, 5.41) is 0. The number of hydrogen-bond acceptors (Lipinski definition) is 7. The summed E-state index contributed by atoms with van der Waals surface area (Å²) in [5.41, 5.74) is 2.53. The molecule has 0 aliphatic carbocycles. The number of benzene rings is 2. The third-order valence-corrected chi connectivity index (χ3v) is 7.66. The van der Waals surface area contributed by atoms with E-state index in [1.54, 1.807) is 25.1 Å². The van der Waals surface area contributed by atoms with E-state index in [2.05, 4.69) is 4.98 Å². The largest absolute Gasteiger partial charge is 0.461 e. The minimum atomic E-state index is -3.61. The smallest absolute Gasteiger partial charge is 0.360 e. The molecule has 8 nitrogen and oxygen atoms in total. The molecular formula is C24H28N4O4S. The van der Waals surface area contributed by atoms with E-state index >= 15 is 0 Å². The van der Waals surface area contributed by atoms with E-state index in [4.69, 9.17) is 9.72 Å². The van der Waals surface area contributed by atoms with E-state index in [1.807, 2.05) is 42.2 Å². The molecule has 1 aromatic heterocycles. The number of anilines is 1. The summed E-state index contributed by atoms with van der Waals surface area (Å²) < 4.78 is 33.2. The Morgan fingerprint density at radius 2 is 1.64 bits per heavy atom. The van der Waals surface area contributed by atoms with Gasteiger partial charge < -0.3 is 9.64 Å². The molecule has 9 heteroatoms. The number of rotatable bonds is 6. The fraction of sp³-hybridized carbons (Fsp3) is 0.375. The first-order valence-corrected chi connectivity index (χ1v) is 12.7. The molecule has 0 N–H and O–H groups in total. The molecule has 0 radical (unpaired) electrons. The van der Waals surface area contributed by atoms with E-state index in [9.17, 15) is 13.2 Å². The number of aryl methyl sites for hydroxylation is 1. The molecule has 1 saturated heterocycles. The average Bonchev–Trinajstić information content (AvgIpc) is 3.10. The van der Waals surface area contributed by atoms with Gasteiger partial charge in [0.2, 0.25) is 10.0 Å². The lowest BCUT2D eigenvalue weighted by atomic mass is 10.2. The topological polar surface area (TPSA) is 92.7 Å². The second-order valence-corrected chi connectivity index (χ2v) is 9.79. The van der Waals surface area contributed by atoms with Crippen LogP contribution in [0, 0.1) is 0 Å². The molecule has 0 saturated carbocycles. The van der Waals surface area contributed by atoms with Crippen LogP contribution in [-0.2, 0) is 21.2 Å². The summed E-state index contributed by atoms with van der Waals surface area (Å²) in [6.45, 7) is 5.64. The number of fused-ring (bicyclic) bond motifs is 1. The van der Waals surface area contributed by atoms with Crippen LogP contribution in [0.2, 0.25) is 0 Å². The quantitative estimate of drug-likeness (QED) is 0.513. The van der Waals surface area contributed by atoms with Crippen LogP contribution in [0.3, 0.4) is 0 Å². The summed E-state index contributed by atoms with van der Waals surface area (Å²) in [5.74, 6) is -0.103. The van der Waals surface area contributed by atoms with E-state index < -0.39 is 16.0 Å². The third-order valence-electron chi connectivity index (χ3n) is 5.74. The second-order valence-electron chi connectivity index (χ2n) is 7.85. The van der Waals surface area contributed by atoms with Crippen molar-refractivity contribution in [2.75, 3.05) is 37.7 Å². The first-order chi connectivity index (χ1) is 15.9. The van der Waals surface area contributed by atoms with Crippen molar-refractivity contribution in [1.29, 1.82) is 0 Å².